The second-order valence-electron chi connectivity index (χ2n) is 5.26. The van der Waals surface area contributed by atoms with Crippen molar-refractivity contribution in [3.63, 3.8) is 0 Å². The fourth-order valence-electron chi connectivity index (χ4n) is 2.80. The number of hydrogen-bond acceptors (Lipinski definition) is 3. The molecule has 0 aromatic heterocycles. The molecule has 18 heavy (non-hydrogen) atoms. The van der Waals surface area contributed by atoms with Gasteiger partial charge in [0.15, 0.2) is 5.66 Å². The van der Waals surface area contributed by atoms with Crippen molar-refractivity contribution in [3.05, 3.63) is 35.4 Å². The lowest BCUT2D eigenvalue weighted by molar-refractivity contribution is 0.331. The molecular weight excluding hydrogens is 222 g/mol. The Bertz CT molecular complexity index is 522. The molecule has 0 radical (unpaired) electrons. The molecule has 0 aliphatic carbocycles. The molecule has 0 bridgehead atoms. The molecule has 1 N–H and O–H groups in total. The van der Waals surface area contributed by atoms with Crippen LogP contribution in [0.5, 0.6) is 0 Å². The molecule has 1 fully saturated rings. The van der Waals surface area contributed by atoms with E-state index in [1.807, 2.05) is 0 Å². The predicted octanol–water partition coefficient (Wildman–Crippen LogP) is 2.34. The first-order valence-electron chi connectivity index (χ1n) is 6.63. The molecule has 3 rings (SSSR count). The van der Waals surface area contributed by atoms with E-state index in [4.69, 9.17) is 9.98 Å². The molecule has 3 heteroatoms. The van der Waals surface area contributed by atoms with E-state index in [0.29, 0.717) is 0 Å². The van der Waals surface area contributed by atoms with E-state index in [9.17, 15) is 0 Å². The third-order valence-electron chi connectivity index (χ3n) is 3.73. The largest absolute Gasteiger partial charge is 0.316 e. The zero-order chi connectivity index (χ0) is 12.6. The summed E-state index contributed by atoms with van der Waals surface area (Å²) < 4.78 is 0. The lowest BCUT2D eigenvalue weighted by Gasteiger charge is -2.28. The van der Waals surface area contributed by atoms with Crippen molar-refractivity contribution in [2.45, 2.75) is 32.4 Å². The molecule has 1 aromatic carbocycles. The van der Waals surface area contributed by atoms with Crippen molar-refractivity contribution in [1.29, 1.82) is 0 Å². The van der Waals surface area contributed by atoms with Gasteiger partial charge < -0.3 is 5.32 Å². The van der Waals surface area contributed by atoms with Crippen LogP contribution >= 0.6 is 0 Å². The maximum atomic E-state index is 4.94. The van der Waals surface area contributed by atoms with Crippen LogP contribution in [0.4, 0.5) is 0 Å². The zero-order valence-corrected chi connectivity index (χ0v) is 11.0. The lowest BCUT2D eigenvalue weighted by Crippen LogP contribution is -2.38. The van der Waals surface area contributed by atoms with Crippen LogP contribution in [0.3, 0.4) is 0 Å². The lowest BCUT2D eigenvalue weighted by atomic mass is 10.00. The summed E-state index contributed by atoms with van der Waals surface area (Å²) in [5.74, 6) is 0. The molecular formula is C15H19N3. The molecule has 3 nitrogen and oxygen atoms in total. The van der Waals surface area contributed by atoms with Crippen LogP contribution in [0.25, 0.3) is 0 Å². The quantitative estimate of drug-likeness (QED) is 0.805. The smallest absolute Gasteiger partial charge is 0.153 e. The summed E-state index contributed by atoms with van der Waals surface area (Å²) in [6.45, 7) is 6.23. The summed E-state index contributed by atoms with van der Waals surface area (Å²) in [5.41, 5.74) is 4.47. The Hall–Kier alpha value is -1.48. The Kier molecular flexibility index (Phi) is 2.78. The monoisotopic (exact) mass is 241 g/mol. The van der Waals surface area contributed by atoms with Gasteiger partial charge in [-0.05, 0) is 33.0 Å². The first-order chi connectivity index (χ1) is 8.69. The SMILES string of the molecule is CC1=NC2(CCNCC2)N=C1c1cccc(C)c1. The number of benzene rings is 1. The second kappa shape index (κ2) is 4.32. The van der Waals surface area contributed by atoms with Crippen molar-refractivity contribution in [1.82, 2.24) is 5.32 Å². The molecule has 94 valence electrons. The van der Waals surface area contributed by atoms with Crippen LogP contribution in [0, 0.1) is 6.92 Å². The second-order valence-corrected chi connectivity index (χ2v) is 5.26. The van der Waals surface area contributed by atoms with E-state index in [2.05, 4.69) is 43.4 Å². The molecule has 2 aliphatic heterocycles. The molecule has 1 aromatic rings. The minimum atomic E-state index is -0.172. The van der Waals surface area contributed by atoms with Crippen molar-refractivity contribution < 1.29 is 0 Å². The molecule has 0 unspecified atom stereocenters. The standard InChI is InChI=1S/C15H19N3/c1-11-4-3-5-13(10-11)14-12(2)17-15(18-14)6-8-16-9-7-15/h3-5,10,16H,6-9H2,1-2H3. The van der Waals surface area contributed by atoms with Crippen LogP contribution in [0.2, 0.25) is 0 Å². The number of hydrogen-bond donors (Lipinski definition) is 1. The fourth-order valence-corrected chi connectivity index (χ4v) is 2.80. The van der Waals surface area contributed by atoms with Crippen LogP contribution in [-0.2, 0) is 0 Å². The number of nitrogens with zero attached hydrogens (tertiary/aromatic N) is 2. The minimum Gasteiger partial charge on any atom is -0.316 e. The minimum absolute atomic E-state index is 0.172. The highest BCUT2D eigenvalue weighted by Crippen LogP contribution is 2.31. The fraction of sp³-hybridized carbons (Fsp3) is 0.467. The van der Waals surface area contributed by atoms with E-state index in [-0.39, 0.29) is 5.66 Å². The summed E-state index contributed by atoms with van der Waals surface area (Å²) in [6.07, 6.45) is 2.03. The topological polar surface area (TPSA) is 36.8 Å². The highest BCUT2D eigenvalue weighted by Gasteiger charge is 2.36. The van der Waals surface area contributed by atoms with Gasteiger partial charge in [-0.1, -0.05) is 23.8 Å². The number of piperidine rings is 1. The number of nitrogens with one attached hydrogen (secondary N) is 1. The normalized spacial score (nSPS) is 21.9. The van der Waals surface area contributed by atoms with E-state index in [0.717, 1.165) is 37.4 Å². The van der Waals surface area contributed by atoms with E-state index >= 15 is 0 Å². The van der Waals surface area contributed by atoms with E-state index in [1.165, 1.54) is 11.1 Å². The summed E-state index contributed by atoms with van der Waals surface area (Å²) in [5, 5.41) is 3.38. The van der Waals surface area contributed by atoms with Crippen molar-refractivity contribution in [2.75, 3.05) is 13.1 Å². The Morgan fingerprint density at radius 2 is 1.89 bits per heavy atom. The van der Waals surface area contributed by atoms with Crippen LogP contribution < -0.4 is 5.32 Å². The van der Waals surface area contributed by atoms with Gasteiger partial charge in [-0.25, -0.2) is 0 Å². The molecule has 0 saturated carbocycles. The Balaban J connectivity index is 1.98. The highest BCUT2D eigenvalue weighted by atomic mass is 15.2. The Morgan fingerprint density at radius 3 is 2.61 bits per heavy atom. The number of aryl methyl sites for hydroxylation is 1. The van der Waals surface area contributed by atoms with Crippen LogP contribution in [0.1, 0.15) is 30.9 Å². The zero-order valence-electron chi connectivity index (χ0n) is 11.0. The Morgan fingerprint density at radius 1 is 1.11 bits per heavy atom. The van der Waals surface area contributed by atoms with E-state index in [1.54, 1.807) is 0 Å². The average molecular weight is 241 g/mol. The summed E-state index contributed by atoms with van der Waals surface area (Å²) in [6, 6.07) is 8.53. The van der Waals surface area contributed by atoms with Gasteiger partial charge in [-0.15, -0.1) is 0 Å². The van der Waals surface area contributed by atoms with E-state index < -0.39 is 0 Å². The first-order valence-corrected chi connectivity index (χ1v) is 6.63. The van der Waals surface area contributed by atoms with Gasteiger partial charge in [-0.3, -0.25) is 9.98 Å². The maximum Gasteiger partial charge on any atom is 0.153 e. The van der Waals surface area contributed by atoms with Crippen molar-refractivity contribution >= 4 is 11.4 Å². The highest BCUT2D eigenvalue weighted by molar-refractivity contribution is 6.48. The molecule has 2 heterocycles. The van der Waals surface area contributed by atoms with Crippen LogP contribution in [0.15, 0.2) is 34.3 Å². The van der Waals surface area contributed by atoms with Gasteiger partial charge >= 0.3 is 0 Å². The molecule has 1 saturated heterocycles. The maximum absolute atomic E-state index is 4.94. The Labute approximate surface area is 108 Å². The number of rotatable bonds is 1. The predicted molar refractivity (Wildman–Crippen MR) is 75.7 cm³/mol. The third kappa shape index (κ3) is 1.99. The third-order valence-corrected chi connectivity index (χ3v) is 3.73. The summed E-state index contributed by atoms with van der Waals surface area (Å²) in [7, 11) is 0. The molecule has 1 spiro atoms. The molecule has 0 atom stereocenters. The first kappa shape index (κ1) is 11.6. The van der Waals surface area contributed by atoms with Crippen molar-refractivity contribution in [2.24, 2.45) is 9.98 Å². The van der Waals surface area contributed by atoms with Crippen LogP contribution in [-0.4, -0.2) is 30.2 Å². The van der Waals surface area contributed by atoms with Gasteiger partial charge in [0.25, 0.3) is 0 Å². The average Bonchev–Trinajstić information content (AvgIpc) is 2.67. The summed E-state index contributed by atoms with van der Waals surface area (Å²) >= 11 is 0. The molecule has 2 aliphatic rings. The number of aliphatic imine (C=N–C) groups is 2. The van der Waals surface area contributed by atoms with Crippen molar-refractivity contribution in [3.8, 4) is 0 Å². The van der Waals surface area contributed by atoms with Gasteiger partial charge in [-0.2, -0.15) is 0 Å². The van der Waals surface area contributed by atoms with Gasteiger partial charge in [0.05, 0.1) is 11.4 Å². The van der Waals surface area contributed by atoms with Gasteiger partial charge in [0.1, 0.15) is 0 Å². The molecule has 0 amide bonds. The summed E-state index contributed by atoms with van der Waals surface area (Å²) in [4.78, 5) is 9.78. The van der Waals surface area contributed by atoms with Gasteiger partial charge in [0.2, 0.25) is 0 Å². The van der Waals surface area contributed by atoms with Gasteiger partial charge in [0, 0.05) is 18.4 Å².